The molecule has 1 saturated heterocycles. The number of ketones is 2. The molecule has 2 aliphatic rings. The lowest BCUT2D eigenvalue weighted by Gasteiger charge is -2.34. The molecular formula is C13H14O5. The van der Waals surface area contributed by atoms with Gasteiger partial charge in [0.2, 0.25) is 0 Å². The van der Waals surface area contributed by atoms with Gasteiger partial charge in [-0.15, -0.1) is 0 Å². The van der Waals surface area contributed by atoms with Gasteiger partial charge in [0, 0.05) is 5.92 Å². The van der Waals surface area contributed by atoms with Gasteiger partial charge in [-0.1, -0.05) is 18.2 Å². The molecule has 0 radical (unpaired) electrons. The standard InChI is InChI=1S/C13H14O5/c1-3-4-8-5-6-9(14)11(16)13(8)10(15)7(2)18-12(13)17/h3-8,11,16H,1-2H3/b4-3+/t7-,8-,11+,13+/m0/s1. The van der Waals surface area contributed by atoms with Crippen molar-refractivity contribution in [2.45, 2.75) is 26.1 Å². The molecule has 1 heterocycles. The van der Waals surface area contributed by atoms with Gasteiger partial charge in [0.05, 0.1) is 0 Å². The van der Waals surface area contributed by atoms with E-state index in [0.29, 0.717) is 0 Å². The molecule has 0 amide bonds. The van der Waals surface area contributed by atoms with Gasteiger partial charge in [0.1, 0.15) is 6.10 Å². The van der Waals surface area contributed by atoms with Crippen molar-refractivity contribution in [2.24, 2.45) is 11.3 Å². The summed E-state index contributed by atoms with van der Waals surface area (Å²) in [5, 5.41) is 10.0. The van der Waals surface area contributed by atoms with E-state index in [9.17, 15) is 19.5 Å². The van der Waals surface area contributed by atoms with Crippen molar-refractivity contribution in [3.05, 3.63) is 24.3 Å². The number of carbonyl (C=O) groups is 3. The minimum Gasteiger partial charge on any atom is -0.454 e. The van der Waals surface area contributed by atoms with Crippen LogP contribution in [-0.2, 0) is 19.1 Å². The first kappa shape index (κ1) is 12.7. The molecule has 18 heavy (non-hydrogen) atoms. The Morgan fingerprint density at radius 2 is 2.06 bits per heavy atom. The summed E-state index contributed by atoms with van der Waals surface area (Å²) in [6.45, 7) is 3.18. The number of hydrogen-bond acceptors (Lipinski definition) is 5. The maximum Gasteiger partial charge on any atom is 0.324 e. The van der Waals surface area contributed by atoms with Gasteiger partial charge in [0.15, 0.2) is 23.1 Å². The summed E-state index contributed by atoms with van der Waals surface area (Å²) < 4.78 is 4.89. The molecule has 5 heteroatoms. The Kier molecular flexibility index (Phi) is 2.94. The second-order valence-electron chi connectivity index (χ2n) is 4.50. The van der Waals surface area contributed by atoms with Crippen LogP contribution >= 0.6 is 0 Å². The summed E-state index contributed by atoms with van der Waals surface area (Å²) in [6, 6.07) is 0. The van der Waals surface area contributed by atoms with Gasteiger partial charge < -0.3 is 9.84 Å². The van der Waals surface area contributed by atoms with Gasteiger partial charge in [-0.2, -0.15) is 0 Å². The monoisotopic (exact) mass is 250 g/mol. The number of ether oxygens (including phenoxy) is 1. The fourth-order valence-electron chi connectivity index (χ4n) is 2.57. The van der Waals surface area contributed by atoms with E-state index in [-0.39, 0.29) is 0 Å². The molecule has 96 valence electrons. The van der Waals surface area contributed by atoms with E-state index in [1.165, 1.54) is 19.1 Å². The van der Waals surface area contributed by atoms with Crippen LogP contribution < -0.4 is 0 Å². The predicted octanol–water partition coefficient (Wildman–Crippen LogP) is 0.179. The number of esters is 1. The van der Waals surface area contributed by atoms with Crippen molar-refractivity contribution >= 4 is 17.5 Å². The molecule has 0 aromatic heterocycles. The summed E-state index contributed by atoms with van der Waals surface area (Å²) >= 11 is 0. The average molecular weight is 250 g/mol. The molecule has 1 N–H and O–H groups in total. The number of cyclic esters (lactones) is 1. The normalized spacial score (nSPS) is 39.9. The van der Waals surface area contributed by atoms with Crippen LogP contribution in [0.15, 0.2) is 24.3 Å². The number of carbonyl (C=O) groups excluding carboxylic acids is 3. The molecule has 0 aromatic carbocycles. The largest absolute Gasteiger partial charge is 0.454 e. The van der Waals surface area contributed by atoms with E-state index in [0.717, 1.165) is 0 Å². The second kappa shape index (κ2) is 4.17. The molecule has 5 nitrogen and oxygen atoms in total. The first-order valence-electron chi connectivity index (χ1n) is 5.74. The van der Waals surface area contributed by atoms with Crippen molar-refractivity contribution < 1.29 is 24.2 Å². The molecule has 2 rings (SSSR count). The summed E-state index contributed by atoms with van der Waals surface area (Å²) in [7, 11) is 0. The van der Waals surface area contributed by atoms with E-state index in [4.69, 9.17) is 4.74 Å². The third-order valence-corrected chi connectivity index (χ3v) is 3.49. The number of Topliss-reactive ketones (excluding diaryl/α,β-unsaturated/α-hetero) is 1. The first-order chi connectivity index (χ1) is 8.46. The predicted molar refractivity (Wildman–Crippen MR) is 61.5 cm³/mol. The molecule has 1 aliphatic carbocycles. The van der Waals surface area contributed by atoms with E-state index in [2.05, 4.69) is 0 Å². The quantitative estimate of drug-likeness (QED) is 0.408. The van der Waals surface area contributed by atoms with Crippen LogP contribution in [0.4, 0.5) is 0 Å². The lowest BCUT2D eigenvalue weighted by Crippen LogP contribution is -2.55. The van der Waals surface area contributed by atoms with Crippen LogP contribution in [0.25, 0.3) is 0 Å². The zero-order valence-corrected chi connectivity index (χ0v) is 10.1. The highest BCUT2D eigenvalue weighted by Gasteiger charge is 2.65. The molecule has 0 saturated carbocycles. The van der Waals surface area contributed by atoms with Gasteiger partial charge >= 0.3 is 5.97 Å². The molecule has 1 spiro atoms. The minimum absolute atomic E-state index is 0.541. The average Bonchev–Trinajstić information content (AvgIpc) is 2.54. The topological polar surface area (TPSA) is 80.7 Å². The third kappa shape index (κ3) is 1.40. The lowest BCUT2D eigenvalue weighted by molar-refractivity contribution is -0.160. The minimum atomic E-state index is -1.81. The van der Waals surface area contributed by atoms with Crippen molar-refractivity contribution in [1.29, 1.82) is 0 Å². The van der Waals surface area contributed by atoms with E-state index in [1.807, 2.05) is 0 Å². The lowest BCUT2D eigenvalue weighted by atomic mass is 9.64. The van der Waals surface area contributed by atoms with Crippen molar-refractivity contribution in [1.82, 2.24) is 0 Å². The molecular weight excluding hydrogens is 236 g/mol. The summed E-state index contributed by atoms with van der Waals surface area (Å²) in [5.41, 5.74) is -1.81. The Morgan fingerprint density at radius 3 is 2.56 bits per heavy atom. The molecule has 0 aromatic rings. The number of allylic oxidation sites excluding steroid dienone is 3. The Labute approximate surface area is 104 Å². The fourth-order valence-corrected chi connectivity index (χ4v) is 2.57. The van der Waals surface area contributed by atoms with Crippen LogP contribution in [0.5, 0.6) is 0 Å². The number of aliphatic hydroxyl groups excluding tert-OH is 1. The SMILES string of the molecule is C/C=C/[C@H]1C=CC(=O)[C@@H](O)[C@@]12C(=O)O[C@@H](C)C2=O. The van der Waals surface area contributed by atoms with Crippen molar-refractivity contribution in [3.8, 4) is 0 Å². The van der Waals surface area contributed by atoms with E-state index < -0.39 is 41.1 Å². The Morgan fingerprint density at radius 1 is 1.39 bits per heavy atom. The fraction of sp³-hybridized carbons (Fsp3) is 0.462. The second-order valence-corrected chi connectivity index (χ2v) is 4.50. The van der Waals surface area contributed by atoms with Crippen LogP contribution in [-0.4, -0.2) is 34.9 Å². The van der Waals surface area contributed by atoms with Crippen molar-refractivity contribution in [3.63, 3.8) is 0 Å². The Hall–Kier alpha value is -1.75. The zero-order valence-electron chi connectivity index (χ0n) is 10.1. The van der Waals surface area contributed by atoms with Crippen molar-refractivity contribution in [2.75, 3.05) is 0 Å². The summed E-state index contributed by atoms with van der Waals surface area (Å²) in [4.78, 5) is 35.8. The maximum absolute atomic E-state index is 12.2. The van der Waals surface area contributed by atoms with Crippen LogP contribution in [0.1, 0.15) is 13.8 Å². The third-order valence-electron chi connectivity index (χ3n) is 3.49. The maximum atomic E-state index is 12.2. The van der Waals surface area contributed by atoms with Gasteiger partial charge in [0.25, 0.3) is 0 Å². The van der Waals surface area contributed by atoms with Crippen LogP contribution in [0, 0.1) is 11.3 Å². The van der Waals surface area contributed by atoms with E-state index in [1.54, 1.807) is 19.1 Å². The molecule has 0 unspecified atom stereocenters. The Balaban J connectivity index is 2.62. The van der Waals surface area contributed by atoms with Crippen LogP contribution in [0.2, 0.25) is 0 Å². The highest BCUT2D eigenvalue weighted by molar-refractivity contribution is 6.17. The van der Waals surface area contributed by atoms with Gasteiger partial charge in [-0.25, -0.2) is 0 Å². The zero-order chi connectivity index (χ0) is 13.5. The first-order valence-corrected chi connectivity index (χ1v) is 5.74. The molecule has 1 aliphatic heterocycles. The molecule has 4 atom stereocenters. The molecule has 0 bridgehead atoms. The summed E-state index contributed by atoms with van der Waals surface area (Å²) in [5.74, 6) is -2.66. The highest BCUT2D eigenvalue weighted by atomic mass is 16.6. The highest BCUT2D eigenvalue weighted by Crippen LogP contribution is 2.45. The van der Waals surface area contributed by atoms with E-state index >= 15 is 0 Å². The van der Waals surface area contributed by atoms with Gasteiger partial charge in [-0.05, 0) is 19.9 Å². The van der Waals surface area contributed by atoms with Crippen LogP contribution in [0.3, 0.4) is 0 Å². The smallest absolute Gasteiger partial charge is 0.324 e. The number of hydrogen-bond donors (Lipinski definition) is 1. The number of aliphatic hydroxyl groups is 1. The number of rotatable bonds is 1. The Bertz CT molecular complexity index is 476. The summed E-state index contributed by atoms with van der Waals surface area (Å²) in [6.07, 6.45) is 3.34. The van der Waals surface area contributed by atoms with Gasteiger partial charge in [-0.3, -0.25) is 14.4 Å². The molecule has 1 fully saturated rings.